The van der Waals surface area contributed by atoms with Crippen molar-refractivity contribution in [1.82, 2.24) is 0 Å². The van der Waals surface area contributed by atoms with Crippen molar-refractivity contribution in [2.24, 2.45) is 0 Å². The van der Waals surface area contributed by atoms with Crippen LogP contribution in [-0.4, -0.2) is 16.8 Å². The normalized spacial score (nSPS) is 13.7. The van der Waals surface area contributed by atoms with Gasteiger partial charge in [0.1, 0.15) is 5.82 Å². The SMILES string of the molecule is CCSC(C(=O)O)(c1ccccc1)c1ccccc1F. The molecular formula is C16H15FO2S. The number of benzene rings is 2. The number of halogens is 1. The molecule has 0 fully saturated rings. The molecule has 1 N–H and O–H groups in total. The Morgan fingerprint density at radius 3 is 2.30 bits per heavy atom. The van der Waals surface area contributed by atoms with E-state index >= 15 is 0 Å². The maximum absolute atomic E-state index is 14.2. The Balaban J connectivity index is 2.72. The number of thioether (sulfide) groups is 1. The van der Waals surface area contributed by atoms with Gasteiger partial charge in [-0.2, -0.15) is 0 Å². The number of aliphatic carboxylic acids is 1. The van der Waals surface area contributed by atoms with Gasteiger partial charge in [0.2, 0.25) is 0 Å². The molecule has 0 saturated carbocycles. The Hall–Kier alpha value is -1.81. The average molecular weight is 290 g/mol. The second-order valence-corrected chi connectivity index (χ2v) is 5.74. The summed E-state index contributed by atoms with van der Waals surface area (Å²) in [4.78, 5) is 12.0. The lowest BCUT2D eigenvalue weighted by molar-refractivity contribution is -0.139. The number of hydrogen-bond donors (Lipinski definition) is 1. The molecule has 2 aromatic rings. The van der Waals surface area contributed by atoms with E-state index in [0.29, 0.717) is 11.3 Å². The van der Waals surface area contributed by atoms with E-state index in [-0.39, 0.29) is 5.56 Å². The molecule has 104 valence electrons. The number of carbonyl (C=O) groups is 1. The van der Waals surface area contributed by atoms with Crippen molar-refractivity contribution in [2.45, 2.75) is 11.7 Å². The Bertz CT molecular complexity index is 600. The molecule has 0 heterocycles. The Morgan fingerprint density at radius 2 is 1.75 bits per heavy atom. The molecule has 0 aromatic heterocycles. The molecular weight excluding hydrogens is 275 g/mol. The molecule has 0 bridgehead atoms. The van der Waals surface area contributed by atoms with Crippen molar-refractivity contribution in [2.75, 3.05) is 5.75 Å². The van der Waals surface area contributed by atoms with Crippen molar-refractivity contribution >= 4 is 17.7 Å². The van der Waals surface area contributed by atoms with Crippen LogP contribution in [-0.2, 0) is 9.54 Å². The molecule has 2 aromatic carbocycles. The summed E-state index contributed by atoms with van der Waals surface area (Å²) in [5.74, 6) is -0.990. The van der Waals surface area contributed by atoms with Gasteiger partial charge in [0.05, 0.1) is 0 Å². The van der Waals surface area contributed by atoms with Crippen molar-refractivity contribution < 1.29 is 14.3 Å². The van der Waals surface area contributed by atoms with Gasteiger partial charge in [-0.3, -0.25) is 0 Å². The van der Waals surface area contributed by atoms with Crippen LogP contribution in [0, 0.1) is 5.82 Å². The summed E-state index contributed by atoms with van der Waals surface area (Å²) in [6.45, 7) is 1.87. The fourth-order valence-corrected chi connectivity index (χ4v) is 3.43. The summed E-state index contributed by atoms with van der Waals surface area (Å²) >= 11 is 1.21. The Morgan fingerprint density at radius 1 is 1.15 bits per heavy atom. The van der Waals surface area contributed by atoms with E-state index in [1.807, 2.05) is 13.0 Å². The lowest BCUT2D eigenvalue weighted by Gasteiger charge is -2.30. The van der Waals surface area contributed by atoms with Crippen LogP contribution in [0.25, 0.3) is 0 Å². The summed E-state index contributed by atoms with van der Waals surface area (Å²) in [6.07, 6.45) is 0. The third kappa shape index (κ3) is 2.43. The van der Waals surface area contributed by atoms with Crippen LogP contribution >= 0.6 is 11.8 Å². The first-order valence-electron chi connectivity index (χ1n) is 6.30. The first-order valence-corrected chi connectivity index (χ1v) is 7.29. The summed E-state index contributed by atoms with van der Waals surface area (Å²) in [5.41, 5.74) is 0.759. The predicted octanol–water partition coefficient (Wildman–Crippen LogP) is 3.91. The first-order chi connectivity index (χ1) is 9.63. The molecule has 1 unspecified atom stereocenters. The highest BCUT2D eigenvalue weighted by Crippen LogP contribution is 2.44. The minimum atomic E-state index is -1.42. The lowest BCUT2D eigenvalue weighted by Crippen LogP contribution is -2.35. The van der Waals surface area contributed by atoms with Crippen LogP contribution in [0.2, 0.25) is 0 Å². The molecule has 0 saturated heterocycles. The van der Waals surface area contributed by atoms with E-state index in [2.05, 4.69) is 0 Å². The van der Waals surface area contributed by atoms with Crippen LogP contribution in [0.3, 0.4) is 0 Å². The molecule has 20 heavy (non-hydrogen) atoms. The van der Waals surface area contributed by atoms with Crippen molar-refractivity contribution in [1.29, 1.82) is 0 Å². The molecule has 0 aliphatic rings. The number of carboxylic acid groups (broad SMARTS) is 1. The largest absolute Gasteiger partial charge is 0.480 e. The van der Waals surface area contributed by atoms with Crippen LogP contribution < -0.4 is 0 Å². The minimum Gasteiger partial charge on any atom is -0.480 e. The molecule has 0 radical (unpaired) electrons. The van der Waals surface area contributed by atoms with Crippen molar-refractivity contribution in [3.8, 4) is 0 Å². The number of carboxylic acids is 1. The van der Waals surface area contributed by atoms with Gasteiger partial charge in [-0.1, -0.05) is 55.5 Å². The molecule has 1 atom stereocenters. The van der Waals surface area contributed by atoms with Gasteiger partial charge in [0, 0.05) is 5.56 Å². The van der Waals surface area contributed by atoms with Gasteiger partial charge in [-0.05, 0) is 17.4 Å². The highest BCUT2D eigenvalue weighted by Gasteiger charge is 2.44. The summed E-state index contributed by atoms with van der Waals surface area (Å²) < 4.78 is 12.8. The van der Waals surface area contributed by atoms with E-state index in [0.717, 1.165) is 0 Å². The molecule has 4 heteroatoms. The quantitative estimate of drug-likeness (QED) is 0.907. The number of hydrogen-bond acceptors (Lipinski definition) is 2. The third-order valence-corrected chi connectivity index (χ3v) is 4.45. The highest BCUT2D eigenvalue weighted by molar-refractivity contribution is 8.01. The molecule has 0 aliphatic heterocycles. The summed E-state index contributed by atoms with van der Waals surface area (Å²) in [6, 6.07) is 14.9. The average Bonchev–Trinajstić information content (AvgIpc) is 2.46. The van der Waals surface area contributed by atoms with Gasteiger partial charge in [0.15, 0.2) is 4.75 Å². The Kier molecular flexibility index (Phi) is 4.45. The van der Waals surface area contributed by atoms with Crippen molar-refractivity contribution in [3.63, 3.8) is 0 Å². The standard InChI is InChI=1S/C16H15FO2S/c1-2-20-16(15(18)19,12-8-4-3-5-9-12)13-10-6-7-11-14(13)17/h3-11H,2H2,1H3,(H,18,19). The maximum Gasteiger partial charge on any atom is 0.329 e. The predicted molar refractivity (Wildman–Crippen MR) is 79.4 cm³/mol. The van der Waals surface area contributed by atoms with E-state index in [4.69, 9.17) is 0 Å². The fraction of sp³-hybridized carbons (Fsp3) is 0.188. The fourth-order valence-electron chi connectivity index (χ4n) is 2.25. The summed E-state index contributed by atoms with van der Waals surface area (Å²) in [5, 5.41) is 9.80. The smallest absolute Gasteiger partial charge is 0.329 e. The summed E-state index contributed by atoms with van der Waals surface area (Å²) in [7, 11) is 0. The maximum atomic E-state index is 14.2. The zero-order valence-corrected chi connectivity index (χ0v) is 11.9. The zero-order valence-electron chi connectivity index (χ0n) is 11.0. The van der Waals surface area contributed by atoms with E-state index in [1.165, 1.54) is 17.8 Å². The first kappa shape index (κ1) is 14.6. The van der Waals surface area contributed by atoms with Crippen LogP contribution in [0.15, 0.2) is 54.6 Å². The lowest BCUT2D eigenvalue weighted by atomic mass is 9.90. The van der Waals surface area contributed by atoms with E-state index < -0.39 is 16.5 Å². The van der Waals surface area contributed by atoms with Crippen LogP contribution in [0.5, 0.6) is 0 Å². The topological polar surface area (TPSA) is 37.3 Å². The van der Waals surface area contributed by atoms with Crippen LogP contribution in [0.1, 0.15) is 18.1 Å². The van der Waals surface area contributed by atoms with E-state index in [9.17, 15) is 14.3 Å². The highest BCUT2D eigenvalue weighted by atomic mass is 32.2. The molecule has 2 nitrogen and oxygen atoms in total. The third-order valence-electron chi connectivity index (χ3n) is 3.10. The molecule has 2 rings (SSSR count). The molecule has 0 aliphatic carbocycles. The second kappa shape index (κ2) is 6.09. The second-order valence-electron chi connectivity index (χ2n) is 4.27. The minimum absolute atomic E-state index is 0.186. The van der Waals surface area contributed by atoms with Crippen molar-refractivity contribution in [3.05, 3.63) is 71.5 Å². The monoisotopic (exact) mass is 290 g/mol. The van der Waals surface area contributed by atoms with Gasteiger partial charge >= 0.3 is 5.97 Å². The molecule has 0 amide bonds. The number of rotatable bonds is 5. The van der Waals surface area contributed by atoms with Crippen LogP contribution in [0.4, 0.5) is 4.39 Å². The Labute approximate surface area is 121 Å². The van der Waals surface area contributed by atoms with E-state index in [1.54, 1.807) is 42.5 Å². The van der Waals surface area contributed by atoms with Gasteiger partial charge < -0.3 is 5.11 Å². The molecule has 0 spiro atoms. The van der Waals surface area contributed by atoms with Gasteiger partial charge in [0.25, 0.3) is 0 Å². The zero-order chi connectivity index (χ0) is 14.6. The van der Waals surface area contributed by atoms with Gasteiger partial charge in [-0.25, -0.2) is 9.18 Å². The van der Waals surface area contributed by atoms with Gasteiger partial charge in [-0.15, -0.1) is 11.8 Å².